The molecule has 2 heterocycles. The van der Waals surface area contributed by atoms with Crippen LogP contribution in [0.1, 0.15) is 50.4 Å². The summed E-state index contributed by atoms with van der Waals surface area (Å²) in [5.41, 5.74) is 4.74. The van der Waals surface area contributed by atoms with Gasteiger partial charge in [0.1, 0.15) is 5.82 Å². The largest absolute Gasteiger partial charge is 0.311 e. The van der Waals surface area contributed by atoms with E-state index in [9.17, 15) is 14.4 Å². The number of carbonyl (C=O) groups is 3. The number of rotatable bonds is 6. The topological polar surface area (TPSA) is 84.3 Å². The van der Waals surface area contributed by atoms with Crippen molar-refractivity contribution in [3.05, 3.63) is 76.5 Å². The fourth-order valence-corrected chi connectivity index (χ4v) is 3.90. The van der Waals surface area contributed by atoms with Crippen molar-refractivity contribution in [2.24, 2.45) is 0 Å². The molecule has 2 aromatic carbocycles. The van der Waals surface area contributed by atoms with Gasteiger partial charge in [0.05, 0.1) is 22.5 Å². The van der Waals surface area contributed by atoms with Gasteiger partial charge < -0.3 is 5.32 Å². The minimum absolute atomic E-state index is 0.185. The third kappa shape index (κ3) is 4.12. The summed E-state index contributed by atoms with van der Waals surface area (Å²) in [5, 5.41) is 7.41. The number of aryl methyl sites for hydroxylation is 3. The minimum atomic E-state index is -0.301. The number of amides is 3. The molecule has 7 heteroatoms. The quantitative estimate of drug-likeness (QED) is 0.619. The molecule has 31 heavy (non-hydrogen) atoms. The Morgan fingerprint density at radius 3 is 2.16 bits per heavy atom. The van der Waals surface area contributed by atoms with Crippen molar-refractivity contribution in [2.75, 3.05) is 11.9 Å². The lowest BCUT2D eigenvalue weighted by Gasteiger charge is -2.14. The van der Waals surface area contributed by atoms with Crippen LogP contribution in [0.25, 0.3) is 5.69 Å². The van der Waals surface area contributed by atoms with E-state index in [1.165, 1.54) is 4.90 Å². The number of carbonyl (C=O) groups excluding carboxylic acids is 3. The molecule has 1 aromatic heterocycles. The zero-order valence-electron chi connectivity index (χ0n) is 17.8. The molecule has 1 aliphatic heterocycles. The molecule has 0 saturated carbocycles. The molecule has 158 valence electrons. The molecular formula is C24H24N4O3. The van der Waals surface area contributed by atoms with Gasteiger partial charge in [-0.15, -0.1) is 0 Å². The standard InChI is InChI=1S/C24H24N4O3/c1-15-11-16(2)13-18(12-15)28-21(14-17(3)26-28)25-22(29)9-6-10-27-23(30)19-7-4-5-8-20(19)24(27)31/h4-5,7-8,11-14H,6,9-10H2,1-3H3,(H,25,29). The number of nitrogens with zero attached hydrogens (tertiary/aromatic N) is 3. The van der Waals surface area contributed by atoms with Crippen molar-refractivity contribution < 1.29 is 14.4 Å². The van der Waals surface area contributed by atoms with E-state index >= 15 is 0 Å². The fraction of sp³-hybridized carbons (Fsp3) is 0.250. The first kappa shape index (κ1) is 20.5. The van der Waals surface area contributed by atoms with E-state index in [0.29, 0.717) is 23.4 Å². The number of aromatic nitrogens is 2. The molecule has 3 aromatic rings. The molecule has 1 aliphatic rings. The van der Waals surface area contributed by atoms with Crippen LogP contribution in [-0.2, 0) is 4.79 Å². The molecule has 0 fully saturated rings. The highest BCUT2D eigenvalue weighted by Gasteiger charge is 2.34. The summed E-state index contributed by atoms with van der Waals surface area (Å²) in [4.78, 5) is 38.6. The van der Waals surface area contributed by atoms with Crippen molar-refractivity contribution in [1.29, 1.82) is 0 Å². The zero-order chi connectivity index (χ0) is 22.1. The number of fused-ring (bicyclic) bond motifs is 1. The van der Waals surface area contributed by atoms with Crippen LogP contribution in [0.5, 0.6) is 0 Å². The molecule has 7 nitrogen and oxygen atoms in total. The maximum atomic E-state index is 12.6. The van der Waals surface area contributed by atoms with E-state index in [-0.39, 0.29) is 30.7 Å². The van der Waals surface area contributed by atoms with Gasteiger partial charge in [0.25, 0.3) is 11.8 Å². The third-order valence-electron chi connectivity index (χ3n) is 5.21. The molecular weight excluding hydrogens is 392 g/mol. The second-order valence-electron chi connectivity index (χ2n) is 7.89. The molecule has 0 bridgehead atoms. The lowest BCUT2D eigenvalue weighted by molar-refractivity contribution is -0.116. The summed E-state index contributed by atoms with van der Waals surface area (Å²) in [6, 6.07) is 14.7. The van der Waals surface area contributed by atoms with Crippen molar-refractivity contribution in [2.45, 2.75) is 33.6 Å². The van der Waals surface area contributed by atoms with Crippen molar-refractivity contribution in [1.82, 2.24) is 14.7 Å². The van der Waals surface area contributed by atoms with Crippen LogP contribution in [0.4, 0.5) is 5.82 Å². The van der Waals surface area contributed by atoms with Crippen LogP contribution >= 0.6 is 0 Å². The predicted molar refractivity (Wildman–Crippen MR) is 117 cm³/mol. The highest BCUT2D eigenvalue weighted by Crippen LogP contribution is 2.23. The van der Waals surface area contributed by atoms with Gasteiger partial charge >= 0.3 is 0 Å². The SMILES string of the molecule is Cc1cc(C)cc(-n2nc(C)cc2NC(=O)CCCN2C(=O)c3ccccc3C2=O)c1. The number of imide groups is 1. The summed E-state index contributed by atoms with van der Waals surface area (Å²) < 4.78 is 1.72. The summed E-state index contributed by atoms with van der Waals surface area (Å²) in [5.74, 6) is -0.204. The van der Waals surface area contributed by atoms with Gasteiger partial charge in [0.2, 0.25) is 5.91 Å². The number of hydrogen-bond donors (Lipinski definition) is 1. The normalized spacial score (nSPS) is 12.9. The molecule has 3 amide bonds. The summed E-state index contributed by atoms with van der Waals surface area (Å²) in [6.45, 7) is 6.11. The van der Waals surface area contributed by atoms with Crippen molar-refractivity contribution in [3.8, 4) is 5.69 Å². The second-order valence-corrected chi connectivity index (χ2v) is 7.89. The monoisotopic (exact) mass is 416 g/mol. The van der Waals surface area contributed by atoms with Crippen LogP contribution in [0.2, 0.25) is 0 Å². The molecule has 0 aliphatic carbocycles. The van der Waals surface area contributed by atoms with E-state index in [1.807, 2.05) is 39.0 Å². The highest BCUT2D eigenvalue weighted by atomic mass is 16.2. The number of hydrogen-bond acceptors (Lipinski definition) is 4. The highest BCUT2D eigenvalue weighted by molar-refractivity contribution is 6.21. The molecule has 0 atom stereocenters. The Kier molecular flexibility index (Phi) is 5.42. The van der Waals surface area contributed by atoms with E-state index in [0.717, 1.165) is 22.5 Å². The molecule has 4 rings (SSSR count). The Labute approximate surface area is 180 Å². The molecule has 0 radical (unpaired) electrons. The third-order valence-corrected chi connectivity index (χ3v) is 5.21. The van der Waals surface area contributed by atoms with E-state index in [4.69, 9.17) is 0 Å². The van der Waals surface area contributed by atoms with Gasteiger partial charge in [-0.1, -0.05) is 18.2 Å². The van der Waals surface area contributed by atoms with Gasteiger partial charge in [-0.05, 0) is 62.6 Å². The Balaban J connectivity index is 1.39. The smallest absolute Gasteiger partial charge is 0.261 e. The Hall–Kier alpha value is -3.74. The average molecular weight is 416 g/mol. The molecule has 0 saturated heterocycles. The van der Waals surface area contributed by atoms with Crippen LogP contribution in [0, 0.1) is 20.8 Å². The van der Waals surface area contributed by atoms with Crippen LogP contribution in [0.15, 0.2) is 48.5 Å². The average Bonchev–Trinajstić information content (AvgIpc) is 3.20. The number of benzene rings is 2. The first-order valence-corrected chi connectivity index (χ1v) is 10.2. The Morgan fingerprint density at radius 2 is 1.55 bits per heavy atom. The summed E-state index contributed by atoms with van der Waals surface area (Å²) >= 11 is 0. The second kappa shape index (κ2) is 8.18. The van der Waals surface area contributed by atoms with Crippen molar-refractivity contribution >= 4 is 23.5 Å². The lowest BCUT2D eigenvalue weighted by Crippen LogP contribution is -2.31. The van der Waals surface area contributed by atoms with Gasteiger partial charge in [-0.2, -0.15) is 5.10 Å². The maximum Gasteiger partial charge on any atom is 0.261 e. The maximum absolute atomic E-state index is 12.6. The first-order chi connectivity index (χ1) is 14.8. The zero-order valence-corrected chi connectivity index (χ0v) is 17.8. The van der Waals surface area contributed by atoms with Crippen LogP contribution in [0.3, 0.4) is 0 Å². The summed E-state index contributed by atoms with van der Waals surface area (Å²) in [7, 11) is 0. The molecule has 1 N–H and O–H groups in total. The summed E-state index contributed by atoms with van der Waals surface area (Å²) in [6.07, 6.45) is 0.568. The molecule has 0 spiro atoms. The van der Waals surface area contributed by atoms with Gasteiger partial charge in [0, 0.05) is 19.0 Å². The minimum Gasteiger partial charge on any atom is -0.311 e. The van der Waals surface area contributed by atoms with Crippen LogP contribution < -0.4 is 5.32 Å². The van der Waals surface area contributed by atoms with E-state index in [2.05, 4.69) is 16.5 Å². The van der Waals surface area contributed by atoms with Crippen LogP contribution in [-0.4, -0.2) is 38.9 Å². The first-order valence-electron chi connectivity index (χ1n) is 10.2. The number of nitrogens with one attached hydrogen (secondary N) is 1. The predicted octanol–water partition coefficient (Wildman–Crippen LogP) is 3.81. The van der Waals surface area contributed by atoms with Gasteiger partial charge in [-0.3, -0.25) is 19.3 Å². The van der Waals surface area contributed by atoms with Gasteiger partial charge in [0.15, 0.2) is 0 Å². The van der Waals surface area contributed by atoms with E-state index < -0.39 is 0 Å². The fourth-order valence-electron chi connectivity index (χ4n) is 3.90. The molecule has 0 unspecified atom stereocenters. The Morgan fingerprint density at radius 1 is 0.935 bits per heavy atom. The lowest BCUT2D eigenvalue weighted by atomic mass is 10.1. The van der Waals surface area contributed by atoms with Crippen molar-refractivity contribution in [3.63, 3.8) is 0 Å². The number of anilines is 1. The Bertz CT molecular complexity index is 1140. The van der Waals surface area contributed by atoms with Gasteiger partial charge in [-0.25, -0.2) is 4.68 Å². The van der Waals surface area contributed by atoms with E-state index in [1.54, 1.807) is 28.9 Å².